The molecule has 0 spiro atoms. The molecule has 2 heterocycles. The van der Waals surface area contributed by atoms with Gasteiger partial charge >= 0.3 is 0 Å². The first-order valence-electron chi connectivity index (χ1n) is 5.81. The highest BCUT2D eigenvalue weighted by Crippen LogP contribution is 2.19. The molecule has 0 radical (unpaired) electrons. The molecule has 1 amide bonds. The normalized spacial score (nSPS) is 10.3. The summed E-state index contributed by atoms with van der Waals surface area (Å²) in [6, 6.07) is 1.72. The Bertz CT molecular complexity index is 596. The van der Waals surface area contributed by atoms with Crippen LogP contribution < -0.4 is 10.6 Å². The van der Waals surface area contributed by atoms with E-state index in [2.05, 4.69) is 36.6 Å². The van der Waals surface area contributed by atoms with Gasteiger partial charge in [-0.3, -0.25) is 9.48 Å². The standard InChI is InChI=1S/C12H14BrN5O/c1-3-18-7-9(6-16-18)17-12(19)10-4-8(13)5-15-11(10)14-2/h4-7H,3H2,1-2H3,(H,14,15)(H,17,19). The molecule has 100 valence electrons. The number of hydrogen-bond donors (Lipinski definition) is 2. The number of amides is 1. The van der Waals surface area contributed by atoms with Crippen LogP contribution >= 0.6 is 15.9 Å². The van der Waals surface area contributed by atoms with E-state index in [0.717, 1.165) is 11.0 Å². The number of carbonyl (C=O) groups excluding carboxylic acids is 1. The van der Waals surface area contributed by atoms with Crippen molar-refractivity contribution >= 4 is 33.3 Å². The molecule has 0 aromatic carbocycles. The van der Waals surface area contributed by atoms with Crippen LogP contribution in [0.25, 0.3) is 0 Å². The van der Waals surface area contributed by atoms with Crippen molar-refractivity contribution in [2.75, 3.05) is 17.7 Å². The predicted molar refractivity (Wildman–Crippen MR) is 77.3 cm³/mol. The summed E-state index contributed by atoms with van der Waals surface area (Å²) in [6.45, 7) is 2.74. The van der Waals surface area contributed by atoms with Crippen LogP contribution in [0.5, 0.6) is 0 Å². The summed E-state index contributed by atoms with van der Waals surface area (Å²) >= 11 is 3.31. The van der Waals surface area contributed by atoms with Crippen molar-refractivity contribution in [3.63, 3.8) is 0 Å². The second-order valence-electron chi connectivity index (χ2n) is 3.84. The first-order chi connectivity index (χ1) is 9.13. The van der Waals surface area contributed by atoms with Crippen molar-refractivity contribution in [3.05, 3.63) is 34.7 Å². The van der Waals surface area contributed by atoms with Gasteiger partial charge in [0.2, 0.25) is 0 Å². The molecule has 0 bridgehead atoms. The van der Waals surface area contributed by atoms with Crippen LogP contribution in [0.1, 0.15) is 17.3 Å². The number of hydrogen-bond acceptors (Lipinski definition) is 4. The van der Waals surface area contributed by atoms with E-state index in [1.165, 1.54) is 0 Å². The fourth-order valence-corrected chi connectivity index (χ4v) is 1.94. The molecule has 0 fully saturated rings. The third-order valence-electron chi connectivity index (χ3n) is 2.55. The Morgan fingerprint density at radius 1 is 1.47 bits per heavy atom. The molecular weight excluding hydrogens is 310 g/mol. The highest BCUT2D eigenvalue weighted by Gasteiger charge is 2.13. The van der Waals surface area contributed by atoms with Gasteiger partial charge in [-0.15, -0.1) is 0 Å². The van der Waals surface area contributed by atoms with Gasteiger partial charge in [-0.1, -0.05) is 0 Å². The summed E-state index contributed by atoms with van der Waals surface area (Å²) < 4.78 is 2.49. The van der Waals surface area contributed by atoms with Gasteiger partial charge in [0.05, 0.1) is 17.4 Å². The van der Waals surface area contributed by atoms with Crippen LogP contribution in [0.3, 0.4) is 0 Å². The van der Waals surface area contributed by atoms with Crippen molar-refractivity contribution in [2.45, 2.75) is 13.5 Å². The molecule has 2 aromatic rings. The van der Waals surface area contributed by atoms with Crippen molar-refractivity contribution in [2.24, 2.45) is 0 Å². The van der Waals surface area contributed by atoms with Crippen molar-refractivity contribution in [1.82, 2.24) is 14.8 Å². The molecule has 7 heteroatoms. The Morgan fingerprint density at radius 3 is 2.89 bits per heavy atom. The van der Waals surface area contributed by atoms with E-state index in [9.17, 15) is 4.79 Å². The van der Waals surface area contributed by atoms with Gasteiger partial charge in [0.1, 0.15) is 5.82 Å². The number of carbonyl (C=O) groups is 1. The molecule has 0 aliphatic heterocycles. The Balaban J connectivity index is 2.21. The van der Waals surface area contributed by atoms with Gasteiger partial charge < -0.3 is 10.6 Å². The average molecular weight is 324 g/mol. The number of halogens is 1. The number of anilines is 2. The second-order valence-corrected chi connectivity index (χ2v) is 4.75. The van der Waals surface area contributed by atoms with Crippen molar-refractivity contribution < 1.29 is 4.79 Å². The summed E-state index contributed by atoms with van der Waals surface area (Å²) in [6.07, 6.45) is 5.03. The quantitative estimate of drug-likeness (QED) is 0.906. The van der Waals surface area contributed by atoms with Gasteiger partial charge in [0, 0.05) is 30.5 Å². The molecule has 6 nitrogen and oxygen atoms in total. The first-order valence-corrected chi connectivity index (χ1v) is 6.60. The third-order valence-corrected chi connectivity index (χ3v) is 2.98. The molecule has 0 aliphatic rings. The summed E-state index contributed by atoms with van der Waals surface area (Å²) in [4.78, 5) is 16.3. The number of aromatic nitrogens is 3. The third kappa shape index (κ3) is 3.11. The number of pyridine rings is 1. The lowest BCUT2D eigenvalue weighted by Crippen LogP contribution is -2.14. The largest absolute Gasteiger partial charge is 0.372 e. The molecule has 0 saturated heterocycles. The van der Waals surface area contributed by atoms with Crippen molar-refractivity contribution in [3.8, 4) is 0 Å². The molecule has 2 rings (SSSR count). The Hall–Kier alpha value is -1.89. The van der Waals surface area contributed by atoms with E-state index < -0.39 is 0 Å². The maximum atomic E-state index is 12.2. The highest BCUT2D eigenvalue weighted by atomic mass is 79.9. The van der Waals surface area contributed by atoms with Gasteiger partial charge in [-0.2, -0.15) is 5.10 Å². The lowest BCUT2D eigenvalue weighted by molar-refractivity contribution is 0.102. The Kier molecular flexibility index (Phi) is 4.16. The van der Waals surface area contributed by atoms with E-state index >= 15 is 0 Å². The van der Waals surface area contributed by atoms with E-state index in [-0.39, 0.29) is 5.91 Å². The van der Waals surface area contributed by atoms with Crippen molar-refractivity contribution in [1.29, 1.82) is 0 Å². The molecule has 2 N–H and O–H groups in total. The summed E-state index contributed by atoms with van der Waals surface area (Å²) in [7, 11) is 1.72. The number of aryl methyl sites for hydroxylation is 1. The number of rotatable bonds is 4. The van der Waals surface area contributed by atoms with Crippen LogP contribution in [-0.2, 0) is 6.54 Å². The number of nitrogens with one attached hydrogen (secondary N) is 2. The zero-order chi connectivity index (χ0) is 13.8. The fraction of sp³-hybridized carbons (Fsp3) is 0.250. The Labute approximate surface area is 119 Å². The predicted octanol–water partition coefficient (Wildman–Crippen LogP) is 2.35. The van der Waals surface area contributed by atoms with Gasteiger partial charge in [0.15, 0.2) is 0 Å². The molecule has 2 aromatic heterocycles. The lowest BCUT2D eigenvalue weighted by atomic mass is 10.2. The minimum atomic E-state index is -0.228. The van der Waals surface area contributed by atoms with Crippen LogP contribution in [-0.4, -0.2) is 27.7 Å². The van der Waals surface area contributed by atoms with Crippen LogP contribution in [0.15, 0.2) is 29.1 Å². The number of nitrogens with zero attached hydrogens (tertiary/aromatic N) is 3. The zero-order valence-electron chi connectivity index (χ0n) is 10.6. The lowest BCUT2D eigenvalue weighted by Gasteiger charge is -2.08. The monoisotopic (exact) mass is 323 g/mol. The van der Waals surface area contributed by atoms with E-state index in [4.69, 9.17) is 0 Å². The van der Waals surface area contributed by atoms with Gasteiger partial charge in [-0.25, -0.2) is 4.98 Å². The summed E-state index contributed by atoms with van der Waals surface area (Å²) in [5, 5.41) is 9.79. The summed E-state index contributed by atoms with van der Waals surface area (Å²) in [5.74, 6) is 0.303. The summed E-state index contributed by atoms with van der Waals surface area (Å²) in [5.41, 5.74) is 1.13. The zero-order valence-corrected chi connectivity index (χ0v) is 12.2. The van der Waals surface area contributed by atoms with E-state index in [1.54, 1.807) is 36.4 Å². The average Bonchev–Trinajstić information content (AvgIpc) is 2.86. The maximum Gasteiger partial charge on any atom is 0.259 e. The topological polar surface area (TPSA) is 71.8 Å². The fourth-order valence-electron chi connectivity index (χ4n) is 1.61. The molecule has 0 atom stereocenters. The van der Waals surface area contributed by atoms with E-state index in [0.29, 0.717) is 17.1 Å². The second kappa shape index (κ2) is 5.83. The van der Waals surface area contributed by atoms with Gasteiger partial charge in [-0.05, 0) is 28.9 Å². The molecule has 0 unspecified atom stereocenters. The molecular formula is C12H14BrN5O. The minimum Gasteiger partial charge on any atom is -0.372 e. The Morgan fingerprint density at radius 2 is 2.26 bits per heavy atom. The minimum absolute atomic E-state index is 0.228. The highest BCUT2D eigenvalue weighted by molar-refractivity contribution is 9.10. The first kappa shape index (κ1) is 13.5. The molecule has 19 heavy (non-hydrogen) atoms. The van der Waals surface area contributed by atoms with Gasteiger partial charge in [0.25, 0.3) is 5.91 Å². The van der Waals surface area contributed by atoms with Crippen LogP contribution in [0.4, 0.5) is 11.5 Å². The van der Waals surface area contributed by atoms with Crippen LogP contribution in [0, 0.1) is 0 Å². The smallest absolute Gasteiger partial charge is 0.259 e. The van der Waals surface area contributed by atoms with Crippen LogP contribution in [0.2, 0.25) is 0 Å². The molecule has 0 saturated carbocycles. The maximum absolute atomic E-state index is 12.2. The van der Waals surface area contributed by atoms with E-state index in [1.807, 2.05) is 6.92 Å². The molecule has 0 aliphatic carbocycles. The SMILES string of the molecule is CCn1cc(NC(=O)c2cc(Br)cnc2NC)cn1.